The number of halogens is 1. The first-order valence-electron chi connectivity index (χ1n) is 8.64. The summed E-state index contributed by atoms with van der Waals surface area (Å²) in [6, 6.07) is 0. The Morgan fingerprint density at radius 2 is 1.96 bits per heavy atom. The molecule has 0 aliphatic carbocycles. The second-order valence-corrected chi connectivity index (χ2v) is 6.69. The van der Waals surface area contributed by atoms with E-state index in [9.17, 15) is 9.59 Å². The molecule has 9 heteroatoms. The van der Waals surface area contributed by atoms with E-state index < -0.39 is 0 Å². The standard InChI is InChI=1S/C16H28N6O2.ClH/c1-11(2)10-14(24)18-9-6-13(23)19-16-20-15(21-22(16)3)12-4-7-17-8-5-12;/h11-12,17H,4-10H2,1-3H3,(H,18,24)(H,19,20,21,23);1H. The molecule has 1 aliphatic rings. The summed E-state index contributed by atoms with van der Waals surface area (Å²) in [4.78, 5) is 28.0. The van der Waals surface area contributed by atoms with Gasteiger partial charge in [-0.05, 0) is 31.8 Å². The normalized spacial score (nSPS) is 14.9. The molecule has 0 saturated carbocycles. The van der Waals surface area contributed by atoms with Gasteiger partial charge in [-0.2, -0.15) is 10.1 Å². The molecular weight excluding hydrogens is 344 g/mol. The fraction of sp³-hybridized carbons (Fsp3) is 0.750. The maximum Gasteiger partial charge on any atom is 0.228 e. The first kappa shape index (κ1) is 21.4. The van der Waals surface area contributed by atoms with Crippen LogP contribution < -0.4 is 16.0 Å². The third-order valence-corrected chi connectivity index (χ3v) is 4.00. The molecule has 2 heterocycles. The molecule has 1 fully saturated rings. The molecule has 1 aromatic rings. The molecule has 0 spiro atoms. The van der Waals surface area contributed by atoms with E-state index in [1.807, 2.05) is 13.8 Å². The summed E-state index contributed by atoms with van der Waals surface area (Å²) in [7, 11) is 1.78. The zero-order chi connectivity index (χ0) is 17.5. The lowest BCUT2D eigenvalue weighted by atomic mass is 9.98. The lowest BCUT2D eigenvalue weighted by molar-refractivity contribution is -0.122. The summed E-state index contributed by atoms with van der Waals surface area (Å²) in [6.45, 7) is 6.25. The van der Waals surface area contributed by atoms with E-state index >= 15 is 0 Å². The van der Waals surface area contributed by atoms with Crippen molar-refractivity contribution in [3.8, 4) is 0 Å². The van der Waals surface area contributed by atoms with Crippen LogP contribution >= 0.6 is 12.4 Å². The largest absolute Gasteiger partial charge is 0.356 e. The molecule has 1 aromatic heterocycles. The Kier molecular flexibility index (Phi) is 8.85. The molecule has 25 heavy (non-hydrogen) atoms. The van der Waals surface area contributed by atoms with E-state index in [-0.39, 0.29) is 30.6 Å². The van der Waals surface area contributed by atoms with Crippen LogP contribution in [-0.4, -0.2) is 46.2 Å². The fourth-order valence-corrected chi connectivity index (χ4v) is 2.71. The number of rotatable bonds is 7. The Labute approximate surface area is 154 Å². The average molecular weight is 373 g/mol. The maximum absolute atomic E-state index is 12.0. The third-order valence-electron chi connectivity index (χ3n) is 4.00. The van der Waals surface area contributed by atoms with Crippen LogP contribution in [0.15, 0.2) is 0 Å². The van der Waals surface area contributed by atoms with Gasteiger partial charge in [0.25, 0.3) is 0 Å². The predicted octanol–water partition coefficient (Wildman–Crippen LogP) is 1.19. The quantitative estimate of drug-likeness (QED) is 0.667. The predicted molar refractivity (Wildman–Crippen MR) is 98.8 cm³/mol. The lowest BCUT2D eigenvalue weighted by Gasteiger charge is -2.19. The van der Waals surface area contributed by atoms with Crippen LogP contribution in [0.2, 0.25) is 0 Å². The second-order valence-electron chi connectivity index (χ2n) is 6.69. The van der Waals surface area contributed by atoms with Crippen LogP contribution in [0.5, 0.6) is 0 Å². The summed E-state index contributed by atoms with van der Waals surface area (Å²) in [5, 5.41) is 13.3. The van der Waals surface area contributed by atoms with Gasteiger partial charge < -0.3 is 10.6 Å². The van der Waals surface area contributed by atoms with E-state index in [1.165, 1.54) is 0 Å². The highest BCUT2D eigenvalue weighted by Gasteiger charge is 2.21. The van der Waals surface area contributed by atoms with Crippen LogP contribution in [0.3, 0.4) is 0 Å². The number of nitrogens with zero attached hydrogens (tertiary/aromatic N) is 3. The number of hydrogen-bond donors (Lipinski definition) is 3. The highest BCUT2D eigenvalue weighted by molar-refractivity contribution is 5.89. The minimum atomic E-state index is -0.174. The molecule has 2 amide bonds. The van der Waals surface area contributed by atoms with E-state index in [1.54, 1.807) is 11.7 Å². The number of amides is 2. The highest BCUT2D eigenvalue weighted by atomic mass is 35.5. The van der Waals surface area contributed by atoms with Gasteiger partial charge in [0.2, 0.25) is 17.8 Å². The summed E-state index contributed by atoms with van der Waals surface area (Å²) in [5.74, 6) is 1.71. The van der Waals surface area contributed by atoms with Crippen molar-refractivity contribution in [1.82, 2.24) is 25.4 Å². The smallest absolute Gasteiger partial charge is 0.228 e. The van der Waals surface area contributed by atoms with Gasteiger partial charge in [-0.1, -0.05) is 13.8 Å². The highest BCUT2D eigenvalue weighted by Crippen LogP contribution is 2.23. The van der Waals surface area contributed by atoms with E-state index in [4.69, 9.17) is 0 Å². The van der Waals surface area contributed by atoms with Gasteiger partial charge in [-0.15, -0.1) is 12.4 Å². The van der Waals surface area contributed by atoms with Crippen molar-refractivity contribution < 1.29 is 9.59 Å². The van der Waals surface area contributed by atoms with Gasteiger partial charge in [0.15, 0.2) is 5.82 Å². The van der Waals surface area contributed by atoms with E-state index in [0.717, 1.165) is 31.8 Å². The van der Waals surface area contributed by atoms with Crippen molar-refractivity contribution in [2.24, 2.45) is 13.0 Å². The van der Waals surface area contributed by atoms with Crippen LogP contribution in [0.1, 0.15) is 51.3 Å². The first-order chi connectivity index (χ1) is 11.5. The number of hydrogen-bond acceptors (Lipinski definition) is 5. The molecule has 0 aromatic carbocycles. The van der Waals surface area contributed by atoms with Gasteiger partial charge in [-0.3, -0.25) is 14.9 Å². The molecule has 0 atom stereocenters. The van der Waals surface area contributed by atoms with Crippen LogP contribution in [-0.2, 0) is 16.6 Å². The zero-order valence-corrected chi connectivity index (χ0v) is 16.0. The minimum Gasteiger partial charge on any atom is -0.356 e. The van der Waals surface area contributed by atoms with Crippen molar-refractivity contribution in [3.05, 3.63) is 5.82 Å². The number of aryl methyl sites for hydroxylation is 1. The van der Waals surface area contributed by atoms with Crippen molar-refractivity contribution in [1.29, 1.82) is 0 Å². The van der Waals surface area contributed by atoms with Crippen molar-refractivity contribution >= 4 is 30.2 Å². The van der Waals surface area contributed by atoms with E-state index in [0.29, 0.717) is 30.7 Å². The maximum atomic E-state index is 12.0. The third kappa shape index (κ3) is 6.99. The van der Waals surface area contributed by atoms with Crippen molar-refractivity contribution in [3.63, 3.8) is 0 Å². The molecule has 0 bridgehead atoms. The Morgan fingerprint density at radius 3 is 2.60 bits per heavy atom. The van der Waals surface area contributed by atoms with Gasteiger partial charge in [0.05, 0.1) is 0 Å². The number of anilines is 1. The number of carbonyl (C=O) groups excluding carboxylic acids is 2. The molecule has 8 nitrogen and oxygen atoms in total. The van der Waals surface area contributed by atoms with Crippen molar-refractivity contribution in [2.45, 2.75) is 45.4 Å². The lowest BCUT2D eigenvalue weighted by Crippen LogP contribution is -2.28. The summed E-state index contributed by atoms with van der Waals surface area (Å²) in [5.41, 5.74) is 0. The summed E-state index contributed by atoms with van der Waals surface area (Å²) >= 11 is 0. The Balaban J connectivity index is 0.00000312. The molecule has 3 N–H and O–H groups in total. The second kappa shape index (κ2) is 10.4. The van der Waals surface area contributed by atoms with Crippen LogP contribution in [0.25, 0.3) is 0 Å². The zero-order valence-electron chi connectivity index (χ0n) is 15.2. The molecule has 0 radical (unpaired) electrons. The Morgan fingerprint density at radius 1 is 1.28 bits per heavy atom. The number of aromatic nitrogens is 3. The first-order valence-corrected chi connectivity index (χ1v) is 8.64. The molecule has 2 rings (SSSR count). The average Bonchev–Trinajstić information content (AvgIpc) is 2.88. The minimum absolute atomic E-state index is 0. The monoisotopic (exact) mass is 372 g/mol. The number of nitrogens with one attached hydrogen (secondary N) is 3. The number of carbonyl (C=O) groups is 2. The molecule has 142 valence electrons. The van der Waals surface area contributed by atoms with E-state index in [2.05, 4.69) is 26.0 Å². The van der Waals surface area contributed by atoms with Gasteiger partial charge in [-0.25, -0.2) is 4.68 Å². The number of piperidine rings is 1. The van der Waals surface area contributed by atoms with Gasteiger partial charge in [0.1, 0.15) is 0 Å². The van der Waals surface area contributed by atoms with Gasteiger partial charge in [0, 0.05) is 32.4 Å². The van der Waals surface area contributed by atoms with Crippen LogP contribution in [0, 0.1) is 5.92 Å². The molecule has 0 unspecified atom stereocenters. The Bertz CT molecular complexity index is 569. The van der Waals surface area contributed by atoms with Crippen LogP contribution in [0.4, 0.5) is 5.95 Å². The molecular formula is C16H29ClN6O2. The Hall–Kier alpha value is -1.67. The summed E-state index contributed by atoms with van der Waals surface area (Å²) < 4.78 is 1.60. The SMILES string of the molecule is CC(C)CC(=O)NCCC(=O)Nc1nc(C2CCNCC2)nn1C.Cl. The van der Waals surface area contributed by atoms with Crippen molar-refractivity contribution in [2.75, 3.05) is 25.0 Å². The van der Waals surface area contributed by atoms with Gasteiger partial charge >= 0.3 is 0 Å². The fourth-order valence-electron chi connectivity index (χ4n) is 2.71. The molecule has 1 aliphatic heterocycles. The topological polar surface area (TPSA) is 101 Å². The molecule has 1 saturated heterocycles. The summed E-state index contributed by atoms with van der Waals surface area (Å²) in [6.07, 6.45) is 2.72.